The molecule has 0 atom stereocenters. The Hall–Kier alpha value is -1.35. The van der Waals surface area contributed by atoms with Crippen molar-refractivity contribution in [3.8, 4) is 0 Å². The number of benzene rings is 1. The lowest BCUT2D eigenvalue weighted by Gasteiger charge is -2.10. The third-order valence-electron chi connectivity index (χ3n) is 2.70. The fourth-order valence-corrected chi connectivity index (χ4v) is 2.33. The van der Waals surface area contributed by atoms with Crippen LogP contribution in [0.25, 0.3) is 5.57 Å². The Morgan fingerprint density at radius 2 is 2.16 bits per heavy atom. The third-order valence-corrected chi connectivity index (χ3v) is 3.25. The summed E-state index contributed by atoms with van der Waals surface area (Å²) in [5.41, 5.74) is 3.03. The van der Waals surface area contributed by atoms with Gasteiger partial charge in [-0.15, -0.1) is 0 Å². The van der Waals surface area contributed by atoms with Gasteiger partial charge in [0.15, 0.2) is 0 Å². The van der Waals surface area contributed by atoms with Crippen LogP contribution >= 0.6 is 23.2 Å². The lowest BCUT2D eigenvalue weighted by atomic mass is 9.99. The predicted molar refractivity (Wildman–Crippen MR) is 81.7 cm³/mol. The molecule has 0 spiro atoms. The minimum Gasteiger partial charge on any atom is -0.316 e. The molecule has 0 aliphatic carbocycles. The van der Waals surface area contributed by atoms with E-state index >= 15 is 0 Å². The lowest BCUT2D eigenvalue weighted by molar-refractivity contribution is 0.920. The quantitative estimate of drug-likeness (QED) is 0.920. The molecule has 4 heteroatoms. The number of nitrogens with zero attached hydrogens (tertiary/aromatic N) is 1. The van der Waals surface area contributed by atoms with Crippen molar-refractivity contribution < 1.29 is 0 Å². The molecule has 1 heterocycles. The molecule has 0 saturated carbocycles. The number of hydrogen-bond donors (Lipinski definition) is 1. The van der Waals surface area contributed by atoms with Crippen LogP contribution in [0, 0.1) is 0 Å². The van der Waals surface area contributed by atoms with Gasteiger partial charge in [-0.1, -0.05) is 41.4 Å². The van der Waals surface area contributed by atoms with Crippen molar-refractivity contribution >= 4 is 28.8 Å². The third kappa shape index (κ3) is 3.57. The fourth-order valence-electron chi connectivity index (χ4n) is 1.82. The molecule has 0 fully saturated rings. The molecule has 0 aliphatic heterocycles. The van der Waals surface area contributed by atoms with Gasteiger partial charge in [-0.25, -0.2) is 0 Å². The first-order chi connectivity index (χ1) is 9.22. The van der Waals surface area contributed by atoms with Crippen LogP contribution in [0.3, 0.4) is 0 Å². The summed E-state index contributed by atoms with van der Waals surface area (Å²) in [7, 11) is 1.90. The Balaban J connectivity index is 2.50. The van der Waals surface area contributed by atoms with Crippen molar-refractivity contribution in [2.24, 2.45) is 0 Å². The SMILES string of the molecule is CNC/C=C(/c1cccnc1)c1ccc(Cl)cc1Cl. The average molecular weight is 293 g/mol. The van der Waals surface area contributed by atoms with Gasteiger partial charge < -0.3 is 5.32 Å². The van der Waals surface area contributed by atoms with Crippen LogP contribution in [0.15, 0.2) is 48.8 Å². The van der Waals surface area contributed by atoms with E-state index < -0.39 is 0 Å². The Bertz CT molecular complexity index is 580. The first-order valence-electron chi connectivity index (χ1n) is 5.93. The van der Waals surface area contributed by atoms with Gasteiger partial charge >= 0.3 is 0 Å². The number of pyridine rings is 1. The van der Waals surface area contributed by atoms with Crippen molar-refractivity contribution in [2.75, 3.05) is 13.6 Å². The summed E-state index contributed by atoms with van der Waals surface area (Å²) in [5.74, 6) is 0. The Morgan fingerprint density at radius 3 is 2.79 bits per heavy atom. The van der Waals surface area contributed by atoms with Gasteiger partial charge in [0.05, 0.1) is 0 Å². The van der Waals surface area contributed by atoms with Crippen LogP contribution in [0.2, 0.25) is 10.0 Å². The molecule has 0 radical (unpaired) electrons. The van der Waals surface area contributed by atoms with Crippen LogP contribution in [0.1, 0.15) is 11.1 Å². The van der Waals surface area contributed by atoms with Crippen LogP contribution in [0.4, 0.5) is 0 Å². The molecular weight excluding hydrogens is 279 g/mol. The summed E-state index contributed by atoms with van der Waals surface area (Å²) in [4.78, 5) is 4.16. The molecule has 2 rings (SSSR count). The van der Waals surface area contributed by atoms with E-state index in [0.29, 0.717) is 10.0 Å². The molecule has 0 saturated heterocycles. The van der Waals surface area contributed by atoms with Crippen molar-refractivity contribution in [3.05, 3.63) is 70.0 Å². The van der Waals surface area contributed by atoms with Gasteiger partial charge in [-0.2, -0.15) is 0 Å². The highest BCUT2D eigenvalue weighted by molar-refractivity contribution is 6.35. The van der Waals surface area contributed by atoms with E-state index in [2.05, 4.69) is 16.4 Å². The van der Waals surface area contributed by atoms with E-state index in [0.717, 1.165) is 23.2 Å². The zero-order valence-electron chi connectivity index (χ0n) is 10.5. The van der Waals surface area contributed by atoms with Gasteiger partial charge in [-0.3, -0.25) is 4.98 Å². The Kier molecular flexibility index (Phi) is 4.97. The van der Waals surface area contributed by atoms with E-state index in [-0.39, 0.29) is 0 Å². The molecule has 2 nitrogen and oxygen atoms in total. The van der Waals surface area contributed by atoms with Crippen LogP contribution in [-0.2, 0) is 0 Å². The maximum absolute atomic E-state index is 6.29. The summed E-state index contributed by atoms with van der Waals surface area (Å²) in [6.07, 6.45) is 5.67. The second-order valence-corrected chi connectivity index (χ2v) is 4.88. The number of nitrogens with one attached hydrogen (secondary N) is 1. The maximum atomic E-state index is 6.29. The summed E-state index contributed by atoms with van der Waals surface area (Å²) in [6, 6.07) is 9.44. The van der Waals surface area contributed by atoms with E-state index in [1.807, 2.05) is 37.5 Å². The predicted octanol–water partition coefficient (Wildman–Crippen LogP) is 4.04. The highest BCUT2D eigenvalue weighted by Crippen LogP contribution is 2.30. The molecular formula is C15H14Cl2N2. The maximum Gasteiger partial charge on any atom is 0.0499 e. The number of rotatable bonds is 4. The van der Waals surface area contributed by atoms with Gasteiger partial charge in [0, 0.05) is 40.1 Å². The monoisotopic (exact) mass is 292 g/mol. The molecule has 0 unspecified atom stereocenters. The highest BCUT2D eigenvalue weighted by Gasteiger charge is 2.09. The lowest BCUT2D eigenvalue weighted by Crippen LogP contribution is -2.05. The second kappa shape index (κ2) is 6.71. The topological polar surface area (TPSA) is 24.9 Å². The average Bonchev–Trinajstić information content (AvgIpc) is 2.42. The molecule has 1 N–H and O–H groups in total. The van der Waals surface area contributed by atoms with Gasteiger partial charge in [0.25, 0.3) is 0 Å². The molecule has 98 valence electrons. The first kappa shape index (κ1) is 14.1. The molecule has 0 bridgehead atoms. The minimum atomic E-state index is 0.632. The zero-order chi connectivity index (χ0) is 13.7. The van der Waals surface area contributed by atoms with Crippen molar-refractivity contribution in [1.29, 1.82) is 0 Å². The van der Waals surface area contributed by atoms with Crippen LogP contribution < -0.4 is 5.32 Å². The number of aromatic nitrogens is 1. The summed E-state index contributed by atoms with van der Waals surface area (Å²) < 4.78 is 0. The smallest absolute Gasteiger partial charge is 0.0499 e. The normalized spacial score (nSPS) is 11.6. The Morgan fingerprint density at radius 1 is 1.32 bits per heavy atom. The minimum absolute atomic E-state index is 0.632. The second-order valence-electron chi connectivity index (χ2n) is 4.04. The molecule has 0 aliphatic rings. The van der Waals surface area contributed by atoms with Crippen LogP contribution in [-0.4, -0.2) is 18.6 Å². The first-order valence-corrected chi connectivity index (χ1v) is 6.68. The molecule has 19 heavy (non-hydrogen) atoms. The summed E-state index contributed by atoms with van der Waals surface area (Å²) in [5, 5.41) is 4.37. The van der Waals surface area contributed by atoms with Crippen molar-refractivity contribution in [2.45, 2.75) is 0 Å². The fraction of sp³-hybridized carbons (Fsp3) is 0.133. The summed E-state index contributed by atoms with van der Waals surface area (Å²) in [6.45, 7) is 0.753. The van der Waals surface area contributed by atoms with Gasteiger partial charge in [0.2, 0.25) is 0 Å². The standard InChI is InChI=1S/C15H14Cl2N2/c1-18-8-6-13(11-3-2-7-19-10-11)14-5-4-12(16)9-15(14)17/h2-7,9-10,18H,8H2,1H3/b13-6-. The number of halogens is 2. The van der Waals surface area contributed by atoms with E-state index in [1.54, 1.807) is 12.3 Å². The Labute approximate surface area is 123 Å². The van der Waals surface area contributed by atoms with E-state index in [9.17, 15) is 0 Å². The van der Waals surface area contributed by atoms with Crippen LogP contribution in [0.5, 0.6) is 0 Å². The number of hydrogen-bond acceptors (Lipinski definition) is 2. The molecule has 0 amide bonds. The summed E-state index contributed by atoms with van der Waals surface area (Å²) >= 11 is 12.2. The van der Waals surface area contributed by atoms with Gasteiger partial charge in [0.1, 0.15) is 0 Å². The number of likely N-dealkylation sites (N-methyl/N-ethyl adjacent to an activating group) is 1. The molecule has 2 aromatic rings. The van der Waals surface area contributed by atoms with E-state index in [1.165, 1.54) is 0 Å². The largest absolute Gasteiger partial charge is 0.316 e. The zero-order valence-corrected chi connectivity index (χ0v) is 12.0. The highest BCUT2D eigenvalue weighted by atomic mass is 35.5. The van der Waals surface area contributed by atoms with Gasteiger partial charge in [-0.05, 0) is 30.8 Å². The van der Waals surface area contributed by atoms with Crippen molar-refractivity contribution in [3.63, 3.8) is 0 Å². The molecule has 1 aromatic carbocycles. The van der Waals surface area contributed by atoms with E-state index in [4.69, 9.17) is 23.2 Å². The molecule has 1 aromatic heterocycles. The van der Waals surface area contributed by atoms with Crippen molar-refractivity contribution in [1.82, 2.24) is 10.3 Å².